The molecule has 32 heavy (non-hydrogen) atoms. The number of nitrogens with zero attached hydrogens (tertiary/aromatic N) is 5. The van der Waals surface area contributed by atoms with Gasteiger partial charge in [0.15, 0.2) is 11.6 Å². The summed E-state index contributed by atoms with van der Waals surface area (Å²) < 4.78 is 27.1. The van der Waals surface area contributed by atoms with Gasteiger partial charge in [-0.15, -0.1) is 0 Å². The van der Waals surface area contributed by atoms with Gasteiger partial charge in [-0.25, -0.2) is 18.7 Å². The van der Waals surface area contributed by atoms with Gasteiger partial charge in [-0.1, -0.05) is 11.2 Å². The van der Waals surface area contributed by atoms with Crippen molar-refractivity contribution in [2.24, 2.45) is 5.16 Å². The number of aromatic nitrogens is 3. The van der Waals surface area contributed by atoms with Crippen molar-refractivity contribution in [3.63, 3.8) is 0 Å². The van der Waals surface area contributed by atoms with E-state index in [2.05, 4.69) is 25.0 Å². The smallest absolute Gasteiger partial charge is 0.159 e. The molecule has 0 N–H and O–H groups in total. The second-order valence-corrected chi connectivity index (χ2v) is 7.76. The minimum absolute atomic E-state index is 0.357. The van der Waals surface area contributed by atoms with Crippen molar-refractivity contribution in [2.45, 2.75) is 32.2 Å². The van der Waals surface area contributed by atoms with E-state index < -0.39 is 11.6 Å². The second kappa shape index (κ2) is 10.4. The van der Waals surface area contributed by atoms with E-state index in [9.17, 15) is 8.78 Å². The summed E-state index contributed by atoms with van der Waals surface area (Å²) in [6.07, 6.45) is 9.31. The van der Waals surface area contributed by atoms with Gasteiger partial charge in [-0.05, 0) is 74.2 Å². The molecule has 0 atom stereocenters. The molecule has 1 aromatic carbocycles. The van der Waals surface area contributed by atoms with Gasteiger partial charge in [0.2, 0.25) is 0 Å². The lowest BCUT2D eigenvalue weighted by Gasteiger charge is -2.31. The van der Waals surface area contributed by atoms with Crippen LogP contribution in [0.2, 0.25) is 0 Å². The predicted octanol–water partition coefficient (Wildman–Crippen LogP) is 4.32. The van der Waals surface area contributed by atoms with Gasteiger partial charge in [0.25, 0.3) is 0 Å². The van der Waals surface area contributed by atoms with E-state index in [1.807, 2.05) is 24.5 Å². The Balaban J connectivity index is 1.42. The third-order valence-corrected chi connectivity index (χ3v) is 5.59. The summed E-state index contributed by atoms with van der Waals surface area (Å²) in [5.74, 6) is -1.34. The maximum absolute atomic E-state index is 13.7. The highest BCUT2D eigenvalue weighted by atomic mass is 19.2. The van der Waals surface area contributed by atoms with Gasteiger partial charge in [0, 0.05) is 30.7 Å². The molecule has 2 aromatic heterocycles. The Labute approximate surface area is 186 Å². The van der Waals surface area contributed by atoms with Gasteiger partial charge in [-0.3, -0.25) is 9.88 Å². The van der Waals surface area contributed by atoms with Crippen molar-refractivity contribution in [1.29, 1.82) is 0 Å². The number of likely N-dealkylation sites (tertiary alicyclic amines) is 1. The maximum atomic E-state index is 13.7. The summed E-state index contributed by atoms with van der Waals surface area (Å²) in [5.41, 5.74) is 3.59. The summed E-state index contributed by atoms with van der Waals surface area (Å²) in [6.45, 7) is 4.95. The molecule has 166 valence electrons. The molecule has 3 aromatic rings. The Morgan fingerprint density at radius 3 is 2.50 bits per heavy atom. The van der Waals surface area contributed by atoms with Crippen LogP contribution in [-0.4, -0.2) is 45.3 Å². The number of oxime groups is 1. The SMILES string of the molecule is CCO/N=C(\c1ccc(F)c(F)c1)c1ccc(CN2CCC(c3cncnc3)CC2)cn1. The number of pyridine rings is 1. The zero-order valence-electron chi connectivity index (χ0n) is 17.9. The van der Waals surface area contributed by atoms with Crippen molar-refractivity contribution >= 4 is 5.71 Å². The number of hydrogen-bond acceptors (Lipinski definition) is 6. The highest BCUT2D eigenvalue weighted by Crippen LogP contribution is 2.27. The first-order chi connectivity index (χ1) is 15.6. The molecule has 1 saturated heterocycles. The van der Waals surface area contributed by atoms with Crippen LogP contribution in [0.3, 0.4) is 0 Å². The van der Waals surface area contributed by atoms with Gasteiger partial charge < -0.3 is 4.84 Å². The number of halogens is 2. The van der Waals surface area contributed by atoms with Crippen LogP contribution >= 0.6 is 0 Å². The van der Waals surface area contributed by atoms with Gasteiger partial charge in [0.05, 0.1) is 5.69 Å². The topological polar surface area (TPSA) is 63.5 Å². The molecule has 0 amide bonds. The molecule has 0 saturated carbocycles. The van der Waals surface area contributed by atoms with Gasteiger partial charge >= 0.3 is 0 Å². The molecule has 0 spiro atoms. The maximum Gasteiger partial charge on any atom is 0.159 e. The Morgan fingerprint density at radius 2 is 1.84 bits per heavy atom. The summed E-state index contributed by atoms with van der Waals surface area (Å²) >= 11 is 0. The molecule has 4 rings (SSSR count). The van der Waals surface area contributed by atoms with Crippen LogP contribution in [0, 0.1) is 11.6 Å². The van der Waals surface area contributed by atoms with E-state index >= 15 is 0 Å². The van der Waals surface area contributed by atoms with Crippen LogP contribution in [0.25, 0.3) is 0 Å². The third kappa shape index (κ3) is 5.31. The van der Waals surface area contributed by atoms with E-state index in [0.29, 0.717) is 29.5 Å². The average molecular weight is 437 g/mol. The second-order valence-electron chi connectivity index (χ2n) is 7.76. The fourth-order valence-electron chi connectivity index (χ4n) is 3.88. The fraction of sp³-hybridized carbons (Fsp3) is 0.333. The Morgan fingerprint density at radius 1 is 1.06 bits per heavy atom. The Hall–Kier alpha value is -3.26. The average Bonchev–Trinajstić information content (AvgIpc) is 2.83. The lowest BCUT2D eigenvalue weighted by molar-refractivity contribution is 0.159. The minimum Gasteiger partial charge on any atom is -0.396 e. The lowest BCUT2D eigenvalue weighted by atomic mass is 9.91. The molecule has 0 radical (unpaired) electrons. The Bertz CT molecular complexity index is 1050. The van der Waals surface area contributed by atoms with Crippen LogP contribution in [0.5, 0.6) is 0 Å². The van der Waals surface area contributed by atoms with Gasteiger partial charge in [-0.2, -0.15) is 0 Å². The molecule has 0 aliphatic carbocycles. The lowest BCUT2D eigenvalue weighted by Crippen LogP contribution is -2.32. The Kier molecular flexibility index (Phi) is 7.11. The van der Waals surface area contributed by atoms with Crippen molar-refractivity contribution < 1.29 is 13.6 Å². The van der Waals surface area contributed by atoms with E-state index in [0.717, 1.165) is 50.2 Å². The molecule has 3 heterocycles. The predicted molar refractivity (Wildman–Crippen MR) is 117 cm³/mol. The summed E-state index contributed by atoms with van der Waals surface area (Å²) in [7, 11) is 0. The molecule has 1 aliphatic rings. The fourth-order valence-corrected chi connectivity index (χ4v) is 3.88. The zero-order valence-corrected chi connectivity index (χ0v) is 17.9. The number of piperidine rings is 1. The molecular formula is C24H25F2N5O. The molecular weight excluding hydrogens is 412 g/mol. The monoisotopic (exact) mass is 437 g/mol. The first-order valence-electron chi connectivity index (χ1n) is 10.7. The quantitative estimate of drug-likeness (QED) is 0.407. The van der Waals surface area contributed by atoms with Crippen molar-refractivity contribution in [3.05, 3.63) is 89.3 Å². The number of hydrogen-bond donors (Lipinski definition) is 0. The normalized spacial score (nSPS) is 15.7. The van der Waals surface area contributed by atoms with Crippen molar-refractivity contribution in [2.75, 3.05) is 19.7 Å². The molecule has 8 heteroatoms. The van der Waals surface area contributed by atoms with E-state index in [1.54, 1.807) is 19.4 Å². The van der Waals surface area contributed by atoms with Crippen molar-refractivity contribution in [1.82, 2.24) is 19.9 Å². The van der Waals surface area contributed by atoms with Crippen LogP contribution in [0.1, 0.15) is 48.1 Å². The minimum atomic E-state index is -0.936. The molecule has 1 aliphatic heterocycles. The van der Waals surface area contributed by atoms with Crippen molar-refractivity contribution in [3.8, 4) is 0 Å². The van der Waals surface area contributed by atoms with E-state index in [1.165, 1.54) is 11.6 Å². The van der Waals surface area contributed by atoms with Crippen LogP contribution < -0.4 is 0 Å². The van der Waals surface area contributed by atoms with E-state index in [4.69, 9.17) is 4.84 Å². The molecule has 0 bridgehead atoms. The first-order valence-corrected chi connectivity index (χ1v) is 10.7. The third-order valence-electron chi connectivity index (χ3n) is 5.59. The van der Waals surface area contributed by atoms with Crippen LogP contribution in [-0.2, 0) is 11.4 Å². The van der Waals surface area contributed by atoms with Crippen LogP contribution in [0.15, 0.2) is 60.4 Å². The van der Waals surface area contributed by atoms with Gasteiger partial charge in [0.1, 0.15) is 18.6 Å². The highest BCUT2D eigenvalue weighted by molar-refractivity contribution is 6.11. The first kappa shape index (κ1) is 22.0. The molecule has 0 unspecified atom stereocenters. The number of rotatable bonds is 7. The molecule has 6 nitrogen and oxygen atoms in total. The largest absolute Gasteiger partial charge is 0.396 e. The number of benzene rings is 1. The van der Waals surface area contributed by atoms with E-state index in [-0.39, 0.29) is 0 Å². The summed E-state index contributed by atoms with van der Waals surface area (Å²) in [4.78, 5) is 20.4. The molecule has 1 fully saturated rings. The van der Waals surface area contributed by atoms with Crippen LogP contribution in [0.4, 0.5) is 8.78 Å². The highest BCUT2D eigenvalue weighted by Gasteiger charge is 2.21. The standard InChI is InChI=1S/C24H25F2N5O/c1-2-32-30-24(19-4-5-21(25)22(26)11-19)23-6-3-17(12-29-23)15-31-9-7-18(8-10-31)20-13-27-16-28-14-20/h3-6,11-14,16,18H,2,7-10,15H2,1H3/b30-24+. The summed E-state index contributed by atoms with van der Waals surface area (Å²) in [6, 6.07) is 7.47. The summed E-state index contributed by atoms with van der Waals surface area (Å²) in [5, 5.41) is 4.08. The zero-order chi connectivity index (χ0) is 22.3.